The lowest BCUT2D eigenvalue weighted by atomic mass is 9.86. The Labute approximate surface area is 198 Å². The van der Waals surface area contributed by atoms with Gasteiger partial charge in [-0.05, 0) is 37.3 Å². The van der Waals surface area contributed by atoms with Crippen LogP contribution in [0.5, 0.6) is 0 Å². The van der Waals surface area contributed by atoms with Gasteiger partial charge in [-0.3, -0.25) is 4.68 Å². The molecule has 0 aliphatic rings. The molecule has 0 saturated carbocycles. The molecule has 0 aliphatic heterocycles. The van der Waals surface area contributed by atoms with Crippen LogP contribution >= 0.6 is 15.9 Å². The summed E-state index contributed by atoms with van der Waals surface area (Å²) in [7, 11) is 1.97. The number of nitrogens with zero attached hydrogens (tertiary/aromatic N) is 6. The van der Waals surface area contributed by atoms with E-state index in [4.69, 9.17) is 0 Å². The quantitative estimate of drug-likeness (QED) is 0.378. The first kappa shape index (κ1) is 23.1. The summed E-state index contributed by atoms with van der Waals surface area (Å²) in [6.07, 6.45) is 6.29. The van der Waals surface area contributed by atoms with Gasteiger partial charge in [0.2, 0.25) is 0 Å². The SMILES string of the molecule is C[C@@H](n1cc(CN(C)c2ccc(Br)cc2)cn1)[C@](O)(Cn1cncn1)c1ccc(F)cc1F. The number of rotatable bonds is 8. The average Bonchev–Trinajstić information content (AvgIpc) is 3.45. The van der Waals surface area contributed by atoms with Gasteiger partial charge in [-0.1, -0.05) is 22.0 Å². The summed E-state index contributed by atoms with van der Waals surface area (Å²) in [5, 5.41) is 20.2. The van der Waals surface area contributed by atoms with Crippen molar-refractivity contribution in [3.05, 3.63) is 94.7 Å². The maximum absolute atomic E-state index is 14.8. The van der Waals surface area contributed by atoms with E-state index in [2.05, 4.69) is 36.0 Å². The maximum atomic E-state index is 14.8. The summed E-state index contributed by atoms with van der Waals surface area (Å²) in [5.41, 5.74) is 0.132. The third kappa shape index (κ3) is 4.96. The lowest BCUT2D eigenvalue weighted by Gasteiger charge is -2.34. The fourth-order valence-electron chi connectivity index (χ4n) is 3.79. The van der Waals surface area contributed by atoms with E-state index >= 15 is 0 Å². The van der Waals surface area contributed by atoms with Crippen molar-refractivity contribution in [2.24, 2.45) is 0 Å². The number of aromatic nitrogens is 5. The minimum Gasteiger partial charge on any atom is -0.381 e. The Morgan fingerprint density at radius 1 is 1.15 bits per heavy atom. The molecule has 2 heterocycles. The fourth-order valence-corrected chi connectivity index (χ4v) is 4.06. The second-order valence-corrected chi connectivity index (χ2v) is 8.89. The van der Waals surface area contributed by atoms with E-state index in [-0.39, 0.29) is 12.1 Å². The molecule has 0 unspecified atom stereocenters. The van der Waals surface area contributed by atoms with Gasteiger partial charge in [-0.25, -0.2) is 18.4 Å². The Bertz CT molecular complexity index is 1210. The van der Waals surface area contributed by atoms with Gasteiger partial charge in [0, 0.05) is 47.1 Å². The molecule has 0 saturated heterocycles. The van der Waals surface area contributed by atoms with Gasteiger partial charge in [0.15, 0.2) is 0 Å². The monoisotopic (exact) mass is 516 g/mol. The number of hydrogen-bond acceptors (Lipinski definition) is 5. The molecule has 0 bridgehead atoms. The molecule has 10 heteroatoms. The summed E-state index contributed by atoms with van der Waals surface area (Å²) < 4.78 is 32.3. The number of hydrogen-bond donors (Lipinski definition) is 1. The van der Waals surface area contributed by atoms with Gasteiger partial charge in [0.25, 0.3) is 0 Å². The molecule has 0 radical (unpaired) electrons. The second-order valence-electron chi connectivity index (χ2n) is 7.98. The van der Waals surface area contributed by atoms with Crippen molar-refractivity contribution >= 4 is 21.6 Å². The highest BCUT2D eigenvalue weighted by molar-refractivity contribution is 9.10. The zero-order valence-corrected chi connectivity index (χ0v) is 19.7. The molecule has 2 atom stereocenters. The highest BCUT2D eigenvalue weighted by atomic mass is 79.9. The molecular weight excluding hydrogens is 494 g/mol. The number of benzene rings is 2. The van der Waals surface area contributed by atoms with E-state index < -0.39 is 23.3 Å². The number of aliphatic hydroxyl groups is 1. The van der Waals surface area contributed by atoms with Gasteiger partial charge in [0.05, 0.1) is 18.8 Å². The molecule has 0 fully saturated rings. The number of halogens is 3. The summed E-state index contributed by atoms with van der Waals surface area (Å²) >= 11 is 3.44. The van der Waals surface area contributed by atoms with Crippen molar-refractivity contribution in [2.75, 3.05) is 11.9 Å². The van der Waals surface area contributed by atoms with Crippen molar-refractivity contribution in [3.63, 3.8) is 0 Å². The van der Waals surface area contributed by atoms with Crippen molar-refractivity contribution < 1.29 is 13.9 Å². The summed E-state index contributed by atoms with van der Waals surface area (Å²) in [6.45, 7) is 2.22. The Balaban J connectivity index is 1.62. The van der Waals surface area contributed by atoms with Crippen molar-refractivity contribution in [1.82, 2.24) is 24.5 Å². The van der Waals surface area contributed by atoms with Crippen molar-refractivity contribution in [2.45, 2.75) is 31.7 Å². The molecular formula is C23H23BrF2N6O. The van der Waals surface area contributed by atoms with Crippen LogP contribution in [0.1, 0.15) is 24.1 Å². The molecule has 0 amide bonds. The van der Waals surface area contributed by atoms with E-state index in [1.165, 1.54) is 23.4 Å². The summed E-state index contributed by atoms with van der Waals surface area (Å²) in [6, 6.07) is 10.4. The molecule has 4 aromatic rings. The van der Waals surface area contributed by atoms with Crippen LogP contribution in [0.25, 0.3) is 0 Å². The molecule has 172 valence electrons. The van der Waals surface area contributed by atoms with Gasteiger partial charge in [-0.15, -0.1) is 0 Å². The normalized spacial score (nSPS) is 14.1. The highest BCUT2D eigenvalue weighted by Crippen LogP contribution is 2.36. The molecule has 0 aliphatic carbocycles. The minimum absolute atomic E-state index is 0.0454. The summed E-state index contributed by atoms with van der Waals surface area (Å²) in [4.78, 5) is 5.96. The van der Waals surface area contributed by atoms with E-state index in [0.29, 0.717) is 6.54 Å². The number of anilines is 1. The molecule has 1 N–H and O–H groups in total. The van der Waals surface area contributed by atoms with Gasteiger partial charge in [0.1, 0.15) is 29.9 Å². The third-order valence-electron chi connectivity index (χ3n) is 5.70. The fraction of sp³-hybridized carbons (Fsp3) is 0.261. The maximum Gasteiger partial charge on any atom is 0.137 e. The lowest BCUT2D eigenvalue weighted by Crippen LogP contribution is -2.40. The van der Waals surface area contributed by atoms with Crippen LogP contribution in [-0.2, 0) is 18.7 Å². The van der Waals surface area contributed by atoms with E-state index in [9.17, 15) is 13.9 Å². The zero-order valence-electron chi connectivity index (χ0n) is 18.1. The largest absolute Gasteiger partial charge is 0.381 e. The van der Waals surface area contributed by atoms with Crippen LogP contribution in [-0.4, -0.2) is 36.7 Å². The Hall–Kier alpha value is -3.11. The zero-order chi connectivity index (χ0) is 23.6. The Morgan fingerprint density at radius 2 is 1.91 bits per heavy atom. The molecule has 0 spiro atoms. The average molecular weight is 517 g/mol. The lowest BCUT2D eigenvalue weighted by molar-refractivity contribution is -0.0369. The van der Waals surface area contributed by atoms with E-state index in [1.807, 2.05) is 37.5 Å². The van der Waals surface area contributed by atoms with Gasteiger partial charge >= 0.3 is 0 Å². The van der Waals surface area contributed by atoms with Crippen LogP contribution in [0.3, 0.4) is 0 Å². The minimum atomic E-state index is -1.77. The van der Waals surface area contributed by atoms with Gasteiger partial charge in [-0.2, -0.15) is 10.2 Å². The first-order valence-corrected chi connectivity index (χ1v) is 11.1. The predicted molar refractivity (Wildman–Crippen MR) is 123 cm³/mol. The first-order valence-electron chi connectivity index (χ1n) is 10.3. The van der Waals surface area contributed by atoms with Crippen molar-refractivity contribution in [1.29, 1.82) is 0 Å². The van der Waals surface area contributed by atoms with Crippen molar-refractivity contribution in [3.8, 4) is 0 Å². The third-order valence-corrected chi connectivity index (χ3v) is 6.23. The van der Waals surface area contributed by atoms with Crippen LogP contribution in [0.2, 0.25) is 0 Å². The molecule has 2 aromatic heterocycles. The topological polar surface area (TPSA) is 72.0 Å². The summed E-state index contributed by atoms with van der Waals surface area (Å²) in [5.74, 6) is -1.56. The molecule has 4 rings (SSSR count). The van der Waals surface area contributed by atoms with Crippen LogP contribution in [0, 0.1) is 11.6 Å². The van der Waals surface area contributed by atoms with Crippen LogP contribution < -0.4 is 4.90 Å². The first-order chi connectivity index (χ1) is 15.8. The standard InChI is InChI=1S/C23H23BrF2N6O/c1-16(32-12-17(10-28-32)11-30(2)20-6-3-18(24)4-7-20)23(33,13-31-15-27-14-29-31)21-8-5-19(25)9-22(21)26/h3-10,12,14-16,33H,11,13H2,1-2H3/t16-,23-/m1/s1. The van der Waals surface area contributed by atoms with E-state index in [1.54, 1.807) is 17.8 Å². The highest BCUT2D eigenvalue weighted by Gasteiger charge is 2.40. The second kappa shape index (κ2) is 9.40. The Morgan fingerprint density at radius 3 is 2.58 bits per heavy atom. The molecule has 2 aromatic carbocycles. The smallest absolute Gasteiger partial charge is 0.137 e. The molecule has 33 heavy (non-hydrogen) atoms. The predicted octanol–water partition coefficient (Wildman–Crippen LogP) is 4.30. The van der Waals surface area contributed by atoms with Crippen LogP contribution in [0.4, 0.5) is 14.5 Å². The Kier molecular flexibility index (Phi) is 6.57. The molecule has 7 nitrogen and oxygen atoms in total. The van der Waals surface area contributed by atoms with E-state index in [0.717, 1.165) is 27.9 Å². The van der Waals surface area contributed by atoms with Gasteiger partial charge < -0.3 is 10.0 Å². The van der Waals surface area contributed by atoms with Crippen LogP contribution in [0.15, 0.2) is 72.0 Å².